The van der Waals surface area contributed by atoms with Crippen LogP contribution >= 0.6 is 11.3 Å². The van der Waals surface area contributed by atoms with Gasteiger partial charge in [-0.05, 0) is 30.7 Å². The lowest BCUT2D eigenvalue weighted by atomic mass is 9.89. The summed E-state index contributed by atoms with van der Waals surface area (Å²) in [5.41, 5.74) is 7.90. The molecule has 0 aliphatic rings. The van der Waals surface area contributed by atoms with Gasteiger partial charge in [0, 0.05) is 10.4 Å². The summed E-state index contributed by atoms with van der Waals surface area (Å²) in [4.78, 5) is 19.0. The molecule has 0 aliphatic carbocycles. The van der Waals surface area contributed by atoms with Crippen molar-refractivity contribution in [3.63, 3.8) is 0 Å². The van der Waals surface area contributed by atoms with Crippen molar-refractivity contribution in [3.05, 3.63) is 58.7 Å². The number of carbonyl (C=O) groups excluding carboxylic acids is 1. The van der Waals surface area contributed by atoms with Crippen molar-refractivity contribution in [1.82, 2.24) is 4.98 Å². The van der Waals surface area contributed by atoms with Crippen LogP contribution in [0.1, 0.15) is 117 Å². The highest BCUT2D eigenvalue weighted by atomic mass is 32.1. The van der Waals surface area contributed by atoms with E-state index in [0.717, 1.165) is 24.1 Å². The van der Waals surface area contributed by atoms with Crippen molar-refractivity contribution >= 4 is 22.3 Å². The van der Waals surface area contributed by atoms with Crippen LogP contribution < -0.4 is 5.73 Å². The highest BCUT2D eigenvalue weighted by Gasteiger charge is 2.28. The second-order valence-corrected chi connectivity index (χ2v) is 10.6. The van der Waals surface area contributed by atoms with E-state index in [2.05, 4.69) is 18.0 Å². The average Bonchev–Trinajstić information content (AvgIpc) is 3.56. The van der Waals surface area contributed by atoms with Crippen LogP contribution in [0.3, 0.4) is 0 Å². The molecule has 1 unspecified atom stereocenters. The van der Waals surface area contributed by atoms with Gasteiger partial charge in [-0.1, -0.05) is 96.1 Å². The summed E-state index contributed by atoms with van der Waals surface area (Å²) in [6.07, 6.45) is 17.7. The standard InChI is InChI=1S/C30H39N3O2S/c1-2-3-4-5-6-7-8-9-10-11-12-13-15-25(28(34)24-19-17-23(22-31)18-20-24)29-27(33-30(32)36-29)26-16-14-21-35-26/h14,16-21,25H,2-13,15H2,1H3,(H2,32,33). The first-order chi connectivity index (χ1) is 17.6. The Balaban J connectivity index is 1.57. The lowest BCUT2D eigenvalue weighted by Gasteiger charge is -2.16. The predicted molar refractivity (Wildman–Crippen MR) is 148 cm³/mol. The zero-order valence-corrected chi connectivity index (χ0v) is 22.3. The maximum atomic E-state index is 13.6. The van der Waals surface area contributed by atoms with E-state index in [1.165, 1.54) is 75.5 Å². The van der Waals surface area contributed by atoms with Gasteiger partial charge in [-0.2, -0.15) is 5.26 Å². The Morgan fingerprint density at radius 1 is 0.972 bits per heavy atom. The largest absolute Gasteiger partial charge is 0.463 e. The molecule has 0 amide bonds. The Morgan fingerprint density at radius 2 is 1.58 bits per heavy atom. The normalized spacial score (nSPS) is 11.9. The van der Waals surface area contributed by atoms with Crippen LogP contribution in [0.25, 0.3) is 11.5 Å². The first kappa shape index (κ1) is 27.7. The molecule has 0 radical (unpaired) electrons. The van der Waals surface area contributed by atoms with Crippen molar-refractivity contribution in [2.75, 3.05) is 5.73 Å². The molecule has 192 valence electrons. The van der Waals surface area contributed by atoms with Crippen molar-refractivity contribution in [2.24, 2.45) is 0 Å². The fourth-order valence-electron chi connectivity index (χ4n) is 4.66. The monoisotopic (exact) mass is 505 g/mol. The third-order valence-corrected chi connectivity index (χ3v) is 7.70. The molecular formula is C30H39N3O2S. The highest BCUT2D eigenvalue weighted by Crippen LogP contribution is 2.39. The van der Waals surface area contributed by atoms with Crippen LogP contribution in [0.2, 0.25) is 0 Å². The molecule has 2 heterocycles. The number of nitrogen functional groups attached to an aromatic ring is 1. The second kappa shape index (κ2) is 15.3. The summed E-state index contributed by atoms with van der Waals surface area (Å²) < 4.78 is 5.60. The number of rotatable bonds is 17. The Hall–Kier alpha value is -2.91. The van der Waals surface area contributed by atoms with Gasteiger partial charge in [-0.15, -0.1) is 11.3 Å². The van der Waals surface area contributed by atoms with E-state index in [4.69, 9.17) is 15.4 Å². The van der Waals surface area contributed by atoms with Crippen LogP contribution in [-0.2, 0) is 0 Å². The van der Waals surface area contributed by atoms with Crippen molar-refractivity contribution in [1.29, 1.82) is 5.26 Å². The molecule has 3 rings (SSSR count). The van der Waals surface area contributed by atoms with E-state index in [0.29, 0.717) is 27.7 Å². The number of hydrogen-bond donors (Lipinski definition) is 1. The molecule has 2 N–H and O–H groups in total. The van der Waals surface area contributed by atoms with E-state index in [1.54, 1.807) is 30.5 Å². The minimum atomic E-state index is -0.337. The van der Waals surface area contributed by atoms with Crippen molar-refractivity contribution in [2.45, 2.75) is 96.3 Å². The molecule has 0 saturated heterocycles. The Kier molecular flexibility index (Phi) is 11.7. The molecule has 0 saturated carbocycles. The molecular weight excluding hydrogens is 466 g/mol. The summed E-state index contributed by atoms with van der Waals surface area (Å²) in [6, 6.07) is 12.7. The molecule has 5 nitrogen and oxygen atoms in total. The van der Waals surface area contributed by atoms with Crippen LogP contribution in [0.5, 0.6) is 0 Å². The van der Waals surface area contributed by atoms with Gasteiger partial charge in [-0.25, -0.2) is 4.98 Å². The number of Topliss-reactive ketones (excluding diaryl/α,β-unsaturated/α-hetero) is 1. The summed E-state index contributed by atoms with van der Waals surface area (Å²) in [7, 11) is 0. The topological polar surface area (TPSA) is 92.9 Å². The Labute approximate surface area is 219 Å². The molecule has 1 aromatic carbocycles. The number of nitrogens with two attached hydrogens (primary N) is 1. The Morgan fingerprint density at radius 3 is 2.14 bits per heavy atom. The summed E-state index contributed by atoms with van der Waals surface area (Å²) >= 11 is 1.37. The number of benzene rings is 1. The highest BCUT2D eigenvalue weighted by molar-refractivity contribution is 7.16. The number of thiazole rings is 1. The first-order valence-electron chi connectivity index (χ1n) is 13.5. The number of ketones is 1. The number of aromatic nitrogens is 1. The fraction of sp³-hybridized carbons (Fsp3) is 0.500. The molecule has 0 bridgehead atoms. The number of unbranched alkanes of at least 4 members (excludes halogenated alkanes) is 11. The van der Waals surface area contributed by atoms with Crippen molar-refractivity contribution < 1.29 is 9.21 Å². The van der Waals surface area contributed by atoms with E-state index in [9.17, 15) is 4.79 Å². The molecule has 0 aliphatic heterocycles. The van der Waals surface area contributed by atoms with Gasteiger partial charge in [0.2, 0.25) is 0 Å². The SMILES string of the molecule is CCCCCCCCCCCCCCC(C(=O)c1ccc(C#N)cc1)c1sc(N)nc1-c1ccco1. The fourth-order valence-corrected chi connectivity index (χ4v) is 5.63. The Bertz CT molecular complexity index is 1080. The van der Waals surface area contributed by atoms with Crippen LogP contribution in [0.15, 0.2) is 47.1 Å². The smallest absolute Gasteiger partial charge is 0.180 e. The predicted octanol–water partition coefficient (Wildman–Crippen LogP) is 8.91. The zero-order valence-electron chi connectivity index (χ0n) is 21.5. The molecule has 2 aromatic heterocycles. The molecule has 36 heavy (non-hydrogen) atoms. The maximum Gasteiger partial charge on any atom is 0.180 e. The maximum absolute atomic E-state index is 13.6. The average molecular weight is 506 g/mol. The number of nitrogens with zero attached hydrogens (tertiary/aromatic N) is 2. The van der Waals surface area contributed by atoms with E-state index in [-0.39, 0.29) is 11.7 Å². The first-order valence-corrected chi connectivity index (χ1v) is 14.3. The zero-order chi connectivity index (χ0) is 25.6. The minimum absolute atomic E-state index is 0.0408. The van der Waals surface area contributed by atoms with Crippen LogP contribution in [-0.4, -0.2) is 10.8 Å². The lowest BCUT2D eigenvalue weighted by molar-refractivity contribution is 0.0955. The van der Waals surface area contributed by atoms with Gasteiger partial charge in [0.05, 0.1) is 23.8 Å². The summed E-state index contributed by atoms with van der Waals surface area (Å²) in [5.74, 6) is 0.334. The molecule has 1 atom stereocenters. The van der Waals surface area contributed by atoms with E-state index < -0.39 is 0 Å². The van der Waals surface area contributed by atoms with Gasteiger partial charge in [0.25, 0.3) is 0 Å². The molecule has 0 spiro atoms. The lowest BCUT2D eigenvalue weighted by Crippen LogP contribution is -2.13. The van der Waals surface area contributed by atoms with Crippen molar-refractivity contribution in [3.8, 4) is 17.5 Å². The minimum Gasteiger partial charge on any atom is -0.463 e. The second-order valence-electron chi connectivity index (χ2n) is 9.53. The van der Waals surface area contributed by atoms with E-state index in [1.807, 2.05) is 12.1 Å². The molecule has 6 heteroatoms. The number of nitriles is 1. The summed E-state index contributed by atoms with van der Waals surface area (Å²) in [6.45, 7) is 2.26. The number of hydrogen-bond acceptors (Lipinski definition) is 6. The van der Waals surface area contributed by atoms with Gasteiger partial charge in [-0.3, -0.25) is 4.79 Å². The quantitative estimate of drug-likeness (QED) is 0.146. The molecule has 0 fully saturated rings. The van der Waals surface area contributed by atoms with Gasteiger partial charge in [0.15, 0.2) is 16.7 Å². The third-order valence-electron chi connectivity index (χ3n) is 6.70. The summed E-state index contributed by atoms with van der Waals surface area (Å²) in [5, 5.41) is 9.55. The van der Waals surface area contributed by atoms with Gasteiger partial charge >= 0.3 is 0 Å². The van der Waals surface area contributed by atoms with E-state index >= 15 is 0 Å². The van der Waals surface area contributed by atoms with Crippen LogP contribution in [0.4, 0.5) is 5.13 Å². The van der Waals surface area contributed by atoms with Gasteiger partial charge in [0.1, 0.15) is 5.69 Å². The molecule has 3 aromatic rings. The third kappa shape index (κ3) is 8.34. The van der Waals surface area contributed by atoms with Crippen LogP contribution in [0, 0.1) is 11.3 Å². The number of furan rings is 1. The number of anilines is 1. The van der Waals surface area contributed by atoms with Gasteiger partial charge < -0.3 is 10.2 Å². The number of carbonyl (C=O) groups is 1.